The number of pyridine rings is 1. The summed E-state index contributed by atoms with van der Waals surface area (Å²) in [7, 11) is 0. The van der Waals surface area contributed by atoms with Crippen molar-refractivity contribution < 1.29 is 19.2 Å². The molecule has 1 aromatic carbocycles. The van der Waals surface area contributed by atoms with Crippen LogP contribution in [-0.2, 0) is 15.4 Å². The number of hydroxylamine groups is 2. The van der Waals surface area contributed by atoms with E-state index in [0.29, 0.717) is 10.8 Å². The Bertz CT molecular complexity index is 729. The number of amides is 2. The van der Waals surface area contributed by atoms with Gasteiger partial charge in [0.2, 0.25) is 0 Å². The summed E-state index contributed by atoms with van der Waals surface area (Å²) in [5, 5.41) is 0.522. The monoisotopic (exact) mass is 328 g/mol. The van der Waals surface area contributed by atoms with Crippen LogP contribution < -0.4 is 0 Å². The van der Waals surface area contributed by atoms with Gasteiger partial charge in [-0.3, -0.25) is 14.6 Å². The second-order valence-electron chi connectivity index (χ2n) is 4.73. The van der Waals surface area contributed by atoms with Crippen molar-refractivity contribution in [3.05, 3.63) is 65.5 Å². The van der Waals surface area contributed by atoms with Gasteiger partial charge in [-0.1, -0.05) is 23.3 Å². The molecule has 0 unspecified atom stereocenters. The lowest BCUT2D eigenvalue weighted by atomic mass is 10.1. The molecule has 0 saturated carbocycles. The summed E-state index contributed by atoms with van der Waals surface area (Å²) in [6.45, 7) is 0. The number of thioether (sulfide) groups is 1. The van der Waals surface area contributed by atoms with E-state index < -0.39 is 17.8 Å². The van der Waals surface area contributed by atoms with E-state index in [4.69, 9.17) is 4.84 Å². The molecule has 0 fully saturated rings. The molecule has 2 amide bonds. The van der Waals surface area contributed by atoms with Gasteiger partial charge < -0.3 is 4.84 Å². The number of hydrogen-bond acceptors (Lipinski definition) is 6. The van der Waals surface area contributed by atoms with Crippen LogP contribution in [0.25, 0.3) is 0 Å². The van der Waals surface area contributed by atoms with E-state index in [1.165, 1.54) is 23.9 Å². The number of aromatic nitrogens is 1. The van der Waals surface area contributed by atoms with Crippen molar-refractivity contribution >= 4 is 29.5 Å². The van der Waals surface area contributed by atoms with Gasteiger partial charge in [-0.25, -0.2) is 4.79 Å². The predicted octanol–water partition coefficient (Wildman–Crippen LogP) is 2.07. The molecule has 0 N–H and O–H groups in total. The normalized spacial score (nSPS) is 13.1. The first-order valence-corrected chi connectivity index (χ1v) is 7.98. The van der Waals surface area contributed by atoms with Crippen LogP contribution in [0.4, 0.5) is 0 Å². The quantitative estimate of drug-likeness (QED) is 0.782. The molecule has 3 rings (SSSR count). The minimum Gasteiger partial charge on any atom is -0.329 e. The van der Waals surface area contributed by atoms with E-state index in [1.807, 2.05) is 18.2 Å². The van der Waals surface area contributed by atoms with Crippen LogP contribution in [0.1, 0.15) is 26.4 Å². The van der Waals surface area contributed by atoms with E-state index in [9.17, 15) is 14.4 Å². The average molecular weight is 328 g/mol. The molecular weight excluding hydrogens is 316 g/mol. The fraction of sp³-hybridized carbons (Fsp3) is 0.125. The molecule has 1 aromatic heterocycles. The van der Waals surface area contributed by atoms with E-state index in [-0.39, 0.29) is 16.9 Å². The van der Waals surface area contributed by atoms with Gasteiger partial charge in [0.25, 0.3) is 11.8 Å². The average Bonchev–Trinajstić information content (AvgIpc) is 2.81. The van der Waals surface area contributed by atoms with Crippen LogP contribution in [0.5, 0.6) is 0 Å². The Balaban J connectivity index is 1.55. The van der Waals surface area contributed by atoms with Gasteiger partial charge in [-0.2, -0.15) is 0 Å². The van der Waals surface area contributed by atoms with Crippen LogP contribution >= 0.6 is 11.8 Å². The molecule has 0 radical (unpaired) electrons. The summed E-state index contributed by atoms with van der Waals surface area (Å²) >= 11 is 1.30. The highest BCUT2D eigenvalue weighted by molar-refractivity contribution is 7.99. The summed E-state index contributed by atoms with van der Waals surface area (Å²) in [6, 6.07) is 11.9. The minimum absolute atomic E-state index is 0.0178. The highest BCUT2D eigenvalue weighted by Crippen LogP contribution is 2.23. The zero-order valence-electron chi connectivity index (χ0n) is 12.0. The van der Waals surface area contributed by atoms with Gasteiger partial charge in [0.15, 0.2) is 0 Å². The third-order valence-electron chi connectivity index (χ3n) is 3.15. The maximum absolute atomic E-state index is 12.0. The molecule has 0 atom stereocenters. The van der Waals surface area contributed by atoms with Gasteiger partial charge in [-0.05, 0) is 24.3 Å². The molecule has 1 aliphatic heterocycles. The molecule has 0 bridgehead atoms. The highest BCUT2D eigenvalue weighted by Gasteiger charge is 2.38. The molecule has 1 aliphatic rings. The van der Waals surface area contributed by atoms with Gasteiger partial charge in [0.1, 0.15) is 0 Å². The summed E-state index contributed by atoms with van der Waals surface area (Å²) in [4.78, 5) is 45.0. The minimum atomic E-state index is -0.652. The summed E-state index contributed by atoms with van der Waals surface area (Å²) in [6.07, 6.45) is 1.67. The Morgan fingerprint density at radius 2 is 1.70 bits per heavy atom. The molecule has 2 heterocycles. The molecule has 116 valence electrons. The summed E-state index contributed by atoms with van der Waals surface area (Å²) < 4.78 is 0. The summed E-state index contributed by atoms with van der Waals surface area (Å²) in [5.74, 6) is -1.33. The third kappa shape index (κ3) is 3.24. The van der Waals surface area contributed by atoms with E-state index >= 15 is 0 Å². The van der Waals surface area contributed by atoms with Crippen LogP contribution in [-0.4, -0.2) is 33.6 Å². The third-order valence-corrected chi connectivity index (χ3v) is 4.09. The molecule has 7 heteroatoms. The lowest BCUT2D eigenvalue weighted by Crippen LogP contribution is -2.33. The molecule has 2 aromatic rings. The van der Waals surface area contributed by atoms with Crippen molar-refractivity contribution in [2.45, 2.75) is 5.75 Å². The number of fused-ring (bicyclic) bond motifs is 1. The Morgan fingerprint density at radius 3 is 2.30 bits per heavy atom. The standard InChI is InChI=1S/C16H12N2O4S/c19-14(10-23-9-11-5-3-4-8-17-11)22-18-15(20)12-6-1-2-7-13(12)16(18)21/h1-8H,9-10H2. The molecular formula is C16H12N2O4S. The van der Waals surface area contributed by atoms with Crippen molar-refractivity contribution in [2.24, 2.45) is 0 Å². The van der Waals surface area contributed by atoms with E-state index in [2.05, 4.69) is 4.98 Å². The smallest absolute Gasteiger partial charge is 0.329 e. The van der Waals surface area contributed by atoms with Gasteiger partial charge in [-0.15, -0.1) is 11.8 Å². The predicted molar refractivity (Wildman–Crippen MR) is 83.4 cm³/mol. The molecule has 0 spiro atoms. The topological polar surface area (TPSA) is 76.6 Å². The molecule has 6 nitrogen and oxygen atoms in total. The largest absolute Gasteiger partial charge is 0.343 e. The molecule has 0 aliphatic carbocycles. The van der Waals surface area contributed by atoms with Gasteiger partial charge >= 0.3 is 5.97 Å². The fourth-order valence-electron chi connectivity index (χ4n) is 2.10. The zero-order chi connectivity index (χ0) is 16.2. The number of nitrogens with zero attached hydrogens (tertiary/aromatic N) is 2. The first-order valence-electron chi connectivity index (χ1n) is 6.83. The van der Waals surface area contributed by atoms with Crippen molar-refractivity contribution in [3.63, 3.8) is 0 Å². The number of rotatable bonds is 5. The van der Waals surface area contributed by atoms with Gasteiger partial charge in [0, 0.05) is 11.9 Å². The Hall–Kier alpha value is -2.67. The fourth-order valence-corrected chi connectivity index (χ4v) is 2.80. The van der Waals surface area contributed by atoms with Crippen LogP contribution in [0.3, 0.4) is 0 Å². The number of imide groups is 1. The second kappa shape index (κ2) is 6.62. The van der Waals surface area contributed by atoms with Crippen molar-refractivity contribution in [3.8, 4) is 0 Å². The number of hydrogen-bond donors (Lipinski definition) is 0. The maximum atomic E-state index is 12.0. The van der Waals surface area contributed by atoms with E-state index in [0.717, 1.165) is 5.69 Å². The maximum Gasteiger partial charge on any atom is 0.343 e. The Morgan fingerprint density at radius 1 is 1.04 bits per heavy atom. The summed E-state index contributed by atoms with van der Waals surface area (Å²) in [5.41, 5.74) is 1.32. The van der Waals surface area contributed by atoms with E-state index in [1.54, 1.807) is 18.3 Å². The Kier molecular flexibility index (Phi) is 4.38. The number of benzene rings is 1. The first-order chi connectivity index (χ1) is 11.2. The number of carbonyl (C=O) groups excluding carboxylic acids is 3. The Labute approximate surface area is 136 Å². The first kappa shape index (κ1) is 15.2. The molecule has 0 saturated heterocycles. The van der Waals surface area contributed by atoms with Crippen molar-refractivity contribution in [2.75, 3.05) is 5.75 Å². The van der Waals surface area contributed by atoms with Gasteiger partial charge in [0.05, 0.1) is 22.6 Å². The van der Waals surface area contributed by atoms with Crippen molar-refractivity contribution in [1.82, 2.24) is 10.0 Å². The van der Waals surface area contributed by atoms with Crippen LogP contribution in [0, 0.1) is 0 Å². The zero-order valence-corrected chi connectivity index (χ0v) is 12.8. The lowest BCUT2D eigenvalue weighted by Gasteiger charge is -2.12. The SMILES string of the molecule is O=C(CSCc1ccccn1)ON1C(=O)c2ccccc2C1=O. The molecule has 23 heavy (non-hydrogen) atoms. The highest BCUT2D eigenvalue weighted by atomic mass is 32.2. The lowest BCUT2D eigenvalue weighted by molar-refractivity contribution is -0.165. The second-order valence-corrected chi connectivity index (χ2v) is 5.71. The number of carbonyl (C=O) groups is 3. The van der Waals surface area contributed by atoms with Crippen LogP contribution in [0.15, 0.2) is 48.7 Å². The van der Waals surface area contributed by atoms with Crippen molar-refractivity contribution in [1.29, 1.82) is 0 Å². The van der Waals surface area contributed by atoms with Crippen LogP contribution in [0.2, 0.25) is 0 Å².